The van der Waals surface area contributed by atoms with Crippen LogP contribution in [0.1, 0.15) is 25.8 Å². The Labute approximate surface area is 125 Å². The van der Waals surface area contributed by atoms with E-state index in [2.05, 4.69) is 23.9 Å². The number of ether oxygens (including phenoxy) is 1. The molecule has 1 rings (SSSR count). The third kappa shape index (κ3) is 4.02. The van der Waals surface area contributed by atoms with Gasteiger partial charge in [-0.3, -0.25) is 0 Å². The first-order valence-corrected chi connectivity index (χ1v) is 6.95. The Hall–Kier alpha value is -1.46. The second kappa shape index (κ2) is 7.97. The number of oxime groups is 1. The van der Waals surface area contributed by atoms with Gasteiger partial charge in [-0.2, -0.15) is 0 Å². The van der Waals surface area contributed by atoms with Crippen LogP contribution in [-0.4, -0.2) is 37.3 Å². The molecule has 0 aromatic heterocycles. The number of methoxy groups -OCH3 is 1. The van der Waals surface area contributed by atoms with Crippen molar-refractivity contribution in [2.45, 2.75) is 26.3 Å². The summed E-state index contributed by atoms with van der Waals surface area (Å²) in [6.07, 6.45) is 0.974. The molecule has 0 spiro atoms. The molecular weight excluding hydrogens is 278 g/mol. The zero-order chi connectivity index (χ0) is 15.1. The minimum atomic E-state index is 0.0493. The molecule has 0 bridgehead atoms. The standard InChI is InChI=1S/C14H22ClN3O2/c1-4-10(2)18(7-8-20-3)13-6-5-11(15)9-12(13)14(16)17-19/h5-6,9-10,19H,4,7-8H2,1-3H3,(H2,16,17). The first-order chi connectivity index (χ1) is 9.54. The molecule has 0 saturated carbocycles. The number of nitrogens with zero attached hydrogens (tertiary/aromatic N) is 2. The first-order valence-electron chi connectivity index (χ1n) is 6.58. The second-order valence-electron chi connectivity index (χ2n) is 4.59. The lowest BCUT2D eigenvalue weighted by Gasteiger charge is -2.32. The number of amidine groups is 1. The lowest BCUT2D eigenvalue weighted by Crippen LogP contribution is -2.37. The van der Waals surface area contributed by atoms with Gasteiger partial charge in [0.1, 0.15) is 0 Å². The van der Waals surface area contributed by atoms with Gasteiger partial charge >= 0.3 is 0 Å². The highest BCUT2D eigenvalue weighted by Gasteiger charge is 2.18. The summed E-state index contributed by atoms with van der Waals surface area (Å²) in [5.74, 6) is 0.0493. The van der Waals surface area contributed by atoms with Crippen LogP contribution in [0.15, 0.2) is 23.4 Å². The van der Waals surface area contributed by atoms with Gasteiger partial charge in [-0.1, -0.05) is 23.7 Å². The number of halogens is 1. The van der Waals surface area contributed by atoms with Crippen molar-refractivity contribution in [3.63, 3.8) is 0 Å². The van der Waals surface area contributed by atoms with Crippen LogP contribution in [0.5, 0.6) is 0 Å². The number of nitrogens with two attached hydrogens (primary N) is 1. The van der Waals surface area contributed by atoms with E-state index in [4.69, 9.17) is 27.3 Å². The van der Waals surface area contributed by atoms with Gasteiger partial charge in [-0.25, -0.2) is 0 Å². The van der Waals surface area contributed by atoms with Gasteiger partial charge in [0.2, 0.25) is 0 Å². The van der Waals surface area contributed by atoms with Crippen molar-refractivity contribution in [1.82, 2.24) is 0 Å². The largest absolute Gasteiger partial charge is 0.409 e. The molecule has 0 radical (unpaired) electrons. The average Bonchev–Trinajstić information content (AvgIpc) is 2.47. The zero-order valence-electron chi connectivity index (χ0n) is 12.1. The highest BCUT2D eigenvalue weighted by Crippen LogP contribution is 2.26. The van der Waals surface area contributed by atoms with E-state index in [-0.39, 0.29) is 5.84 Å². The molecule has 1 aromatic carbocycles. The third-order valence-electron chi connectivity index (χ3n) is 3.31. The number of anilines is 1. The van der Waals surface area contributed by atoms with Gasteiger partial charge in [0, 0.05) is 36.0 Å². The van der Waals surface area contributed by atoms with Crippen molar-refractivity contribution in [1.29, 1.82) is 0 Å². The topological polar surface area (TPSA) is 71.1 Å². The Bertz CT molecular complexity index is 466. The maximum Gasteiger partial charge on any atom is 0.172 e. The second-order valence-corrected chi connectivity index (χ2v) is 5.03. The van der Waals surface area contributed by atoms with Crippen molar-refractivity contribution < 1.29 is 9.94 Å². The predicted molar refractivity (Wildman–Crippen MR) is 82.9 cm³/mol. The lowest BCUT2D eigenvalue weighted by molar-refractivity contribution is 0.203. The number of rotatable bonds is 7. The molecule has 0 aliphatic carbocycles. The molecule has 0 fully saturated rings. The van der Waals surface area contributed by atoms with Crippen LogP contribution in [-0.2, 0) is 4.74 Å². The fourth-order valence-electron chi connectivity index (χ4n) is 2.01. The van der Waals surface area contributed by atoms with E-state index < -0.39 is 0 Å². The summed E-state index contributed by atoms with van der Waals surface area (Å²) < 4.78 is 5.16. The van der Waals surface area contributed by atoms with Gasteiger partial charge in [0.25, 0.3) is 0 Å². The summed E-state index contributed by atoms with van der Waals surface area (Å²) >= 11 is 6.00. The van der Waals surface area contributed by atoms with Crippen molar-refractivity contribution in [3.05, 3.63) is 28.8 Å². The van der Waals surface area contributed by atoms with Gasteiger partial charge < -0.3 is 20.6 Å². The Morgan fingerprint density at radius 3 is 2.80 bits per heavy atom. The molecule has 0 aliphatic heterocycles. The molecule has 0 aliphatic rings. The van der Waals surface area contributed by atoms with Crippen molar-refractivity contribution in [2.75, 3.05) is 25.2 Å². The van der Waals surface area contributed by atoms with E-state index in [1.807, 2.05) is 6.07 Å². The molecule has 0 amide bonds. The van der Waals surface area contributed by atoms with Crippen LogP contribution in [0.25, 0.3) is 0 Å². The predicted octanol–water partition coefficient (Wildman–Crippen LogP) is 2.69. The van der Waals surface area contributed by atoms with E-state index in [0.717, 1.165) is 18.7 Å². The van der Waals surface area contributed by atoms with E-state index in [1.165, 1.54) is 0 Å². The maximum absolute atomic E-state index is 8.93. The zero-order valence-corrected chi connectivity index (χ0v) is 12.9. The molecule has 6 heteroatoms. The molecule has 3 N–H and O–H groups in total. The van der Waals surface area contributed by atoms with Gasteiger partial charge in [0.15, 0.2) is 5.84 Å². The molecular formula is C14H22ClN3O2. The van der Waals surface area contributed by atoms with Crippen LogP contribution in [0.2, 0.25) is 5.02 Å². The Morgan fingerprint density at radius 2 is 2.25 bits per heavy atom. The SMILES string of the molecule is CCC(C)N(CCOC)c1ccc(Cl)cc1C(N)=NO. The lowest BCUT2D eigenvalue weighted by atomic mass is 10.1. The number of hydrogen-bond acceptors (Lipinski definition) is 4. The van der Waals surface area contributed by atoms with E-state index in [9.17, 15) is 0 Å². The molecule has 20 heavy (non-hydrogen) atoms. The highest BCUT2D eigenvalue weighted by molar-refractivity contribution is 6.31. The fraction of sp³-hybridized carbons (Fsp3) is 0.500. The minimum absolute atomic E-state index is 0.0493. The van der Waals surface area contributed by atoms with Crippen LogP contribution in [0.3, 0.4) is 0 Å². The van der Waals surface area contributed by atoms with E-state index in [1.54, 1.807) is 19.2 Å². The molecule has 1 atom stereocenters. The summed E-state index contributed by atoms with van der Waals surface area (Å²) in [6.45, 7) is 5.56. The van der Waals surface area contributed by atoms with Crippen LogP contribution in [0, 0.1) is 0 Å². The quantitative estimate of drug-likeness (QED) is 0.351. The van der Waals surface area contributed by atoms with Crippen LogP contribution < -0.4 is 10.6 Å². The number of hydrogen-bond donors (Lipinski definition) is 2. The molecule has 0 heterocycles. The van der Waals surface area contributed by atoms with E-state index in [0.29, 0.717) is 23.2 Å². The molecule has 5 nitrogen and oxygen atoms in total. The molecule has 1 aromatic rings. The normalized spacial score (nSPS) is 13.3. The van der Waals surface area contributed by atoms with Crippen molar-refractivity contribution in [2.24, 2.45) is 10.9 Å². The summed E-state index contributed by atoms with van der Waals surface area (Å²) in [5.41, 5.74) is 7.26. The smallest absolute Gasteiger partial charge is 0.172 e. The summed E-state index contributed by atoms with van der Waals surface area (Å²) in [6, 6.07) is 5.69. The summed E-state index contributed by atoms with van der Waals surface area (Å²) in [4.78, 5) is 2.17. The molecule has 0 saturated heterocycles. The first kappa shape index (κ1) is 16.6. The number of benzene rings is 1. The van der Waals surface area contributed by atoms with Gasteiger partial charge in [0.05, 0.1) is 6.61 Å². The Morgan fingerprint density at radius 1 is 1.55 bits per heavy atom. The van der Waals surface area contributed by atoms with Gasteiger partial charge in [-0.15, -0.1) is 0 Å². The monoisotopic (exact) mass is 299 g/mol. The fourth-order valence-corrected chi connectivity index (χ4v) is 2.18. The maximum atomic E-state index is 8.93. The third-order valence-corrected chi connectivity index (χ3v) is 3.55. The summed E-state index contributed by atoms with van der Waals surface area (Å²) in [7, 11) is 1.67. The van der Waals surface area contributed by atoms with Crippen molar-refractivity contribution >= 4 is 23.1 Å². The van der Waals surface area contributed by atoms with E-state index >= 15 is 0 Å². The van der Waals surface area contributed by atoms with Crippen molar-refractivity contribution in [3.8, 4) is 0 Å². The average molecular weight is 300 g/mol. The minimum Gasteiger partial charge on any atom is -0.409 e. The molecule has 1 unspecified atom stereocenters. The van der Waals surface area contributed by atoms with Crippen LogP contribution >= 0.6 is 11.6 Å². The Kier molecular flexibility index (Phi) is 6.61. The van der Waals surface area contributed by atoms with Crippen LogP contribution in [0.4, 0.5) is 5.69 Å². The highest BCUT2D eigenvalue weighted by atomic mass is 35.5. The summed E-state index contributed by atoms with van der Waals surface area (Å²) in [5, 5.41) is 12.6. The molecule has 112 valence electrons. The Balaban J connectivity index is 3.24. The van der Waals surface area contributed by atoms with Gasteiger partial charge in [-0.05, 0) is 31.5 Å².